The van der Waals surface area contributed by atoms with Crippen molar-refractivity contribution in [3.8, 4) is 0 Å². The van der Waals surface area contributed by atoms with E-state index in [0.717, 1.165) is 112 Å². The van der Waals surface area contributed by atoms with Gasteiger partial charge in [0, 0.05) is 75.6 Å². The minimum Gasteiger partial charge on any atom is -0.446 e. The highest BCUT2D eigenvalue weighted by molar-refractivity contribution is 6.39. The standard InChI is InChI=1S/C30H27F3N6O.C23H23F2N5O2.C21H20F2N6O2/c1-17-2-3-20(31)12-22(17)29-14-18(29)7-10-38(29)28(40)35-25-16-34-39-11-8-26(36-27(25)39)37-9-6-19-15-30(19,37)23-13-21(32)4-5-24(23)33;24-15-5-6-18(25)17(11-15)23-12-14(23)7-9-29(23)20-8-10-30-21(28-20)19(13-26-30)27-22(31)32-16-3-1-2-4-16;1-27(2)20(31)19(30)25-16-11-24-29-8-6-17(26-18(16)29)28-7-5-12-10-21(12,28)14-9-13(22)3-4-15(14)23/h2-5,8,11-13,16,18-19H,6-7,9-10,14-15H2,1H3,(H,35,40);5-6,8,10-11,13-14,16H,1-4,7,9,12H2,(H,27,31);3-4,6,8-9,11-12H,5,7,10H2,1-2H3,(H,25,30)/t18-,19-,29+,30+;14-,23+;12-,21+/m000/s1. The van der Waals surface area contributed by atoms with Gasteiger partial charge in [0.15, 0.2) is 16.9 Å². The highest BCUT2D eigenvalue weighted by Crippen LogP contribution is 2.67. The second-order valence-electron chi connectivity index (χ2n) is 28.8. The lowest BCUT2D eigenvalue weighted by Crippen LogP contribution is -2.41. The first-order valence-corrected chi connectivity index (χ1v) is 34.7. The largest absolute Gasteiger partial charge is 0.446 e. The normalized spacial score (nSPS) is 25.1. The minimum absolute atomic E-state index is 0.0437. The number of aromatic nitrogens is 9. The van der Waals surface area contributed by atoms with Crippen molar-refractivity contribution in [1.82, 2.24) is 53.6 Å². The third-order valence-corrected chi connectivity index (χ3v) is 22.9. The molecule has 6 aromatic heterocycles. The summed E-state index contributed by atoms with van der Waals surface area (Å²) >= 11 is 0. The number of aryl methyl sites for hydroxylation is 1. The van der Waals surface area contributed by atoms with Gasteiger partial charge in [0.1, 0.15) is 81.3 Å². The van der Waals surface area contributed by atoms with Gasteiger partial charge in [-0.05, 0) is 204 Å². The van der Waals surface area contributed by atoms with Gasteiger partial charge >= 0.3 is 23.9 Å². The summed E-state index contributed by atoms with van der Waals surface area (Å²) in [6.45, 7) is 4.56. The molecule has 10 heterocycles. The average Bonchev–Trinajstić information content (AvgIpc) is 1.55. The Bertz CT molecular complexity index is 5140. The maximum Gasteiger partial charge on any atom is 0.412 e. The summed E-state index contributed by atoms with van der Waals surface area (Å²) in [6.07, 6.45) is 19.6. The van der Waals surface area contributed by atoms with Crippen LogP contribution in [-0.2, 0) is 36.5 Å². The minimum atomic E-state index is -0.797. The van der Waals surface area contributed by atoms with Gasteiger partial charge in [-0.1, -0.05) is 6.07 Å². The molecular formula is C74H70F7N17O5. The summed E-state index contributed by atoms with van der Waals surface area (Å²) in [4.78, 5) is 73.4. The monoisotopic (exact) mass is 1410 g/mol. The van der Waals surface area contributed by atoms with Crippen LogP contribution in [-0.4, -0.2) is 124 Å². The Morgan fingerprint density at radius 2 is 0.845 bits per heavy atom. The number of likely N-dealkylation sites (tertiary alicyclic amines) is 1. The lowest BCUT2D eigenvalue weighted by Gasteiger charge is -2.31. The van der Waals surface area contributed by atoms with E-state index in [-0.39, 0.29) is 35.7 Å². The average molecular weight is 1410 g/mol. The van der Waals surface area contributed by atoms with E-state index in [1.807, 2.05) is 28.9 Å². The zero-order chi connectivity index (χ0) is 71.2. The predicted molar refractivity (Wildman–Crippen MR) is 364 cm³/mol. The van der Waals surface area contributed by atoms with E-state index >= 15 is 0 Å². The number of rotatable bonds is 11. The number of fused-ring (bicyclic) bond motifs is 7. The number of nitrogens with zero attached hydrogens (tertiary/aromatic N) is 14. The molecule has 0 spiro atoms. The molecule has 22 nitrogen and oxygen atoms in total. The van der Waals surface area contributed by atoms with Gasteiger partial charge in [0.2, 0.25) is 0 Å². The fourth-order valence-corrected chi connectivity index (χ4v) is 17.7. The van der Waals surface area contributed by atoms with Crippen molar-refractivity contribution in [3.63, 3.8) is 0 Å². The fraction of sp³-hybridized carbons (Fsp3) is 0.378. The third kappa shape index (κ3) is 10.9. The van der Waals surface area contributed by atoms with Crippen molar-refractivity contribution in [2.45, 2.75) is 112 Å². The molecule has 8 atom stereocenters. The van der Waals surface area contributed by atoms with Gasteiger partial charge in [-0.2, -0.15) is 15.3 Å². The topological polar surface area (TPSA) is 220 Å². The number of amides is 5. The van der Waals surface area contributed by atoms with Gasteiger partial charge in [0.25, 0.3) is 0 Å². The fourth-order valence-electron chi connectivity index (χ4n) is 17.7. The van der Waals surface area contributed by atoms with Crippen molar-refractivity contribution in [3.05, 3.63) is 197 Å². The van der Waals surface area contributed by atoms with Crippen molar-refractivity contribution in [2.75, 3.05) is 70.9 Å². The zero-order valence-corrected chi connectivity index (χ0v) is 56.3. The maximum absolute atomic E-state index is 14.9. The van der Waals surface area contributed by atoms with Crippen LogP contribution in [0.5, 0.6) is 0 Å². The lowest BCUT2D eigenvalue weighted by atomic mass is 9.97. The Morgan fingerprint density at radius 3 is 1.26 bits per heavy atom. The van der Waals surface area contributed by atoms with E-state index in [9.17, 15) is 49.9 Å². The molecular weight excluding hydrogens is 1340 g/mol. The second kappa shape index (κ2) is 24.4. The Labute approximate surface area is 584 Å². The first-order valence-electron chi connectivity index (χ1n) is 34.7. The van der Waals surface area contributed by atoms with Crippen LogP contribution in [0.25, 0.3) is 16.9 Å². The number of carbonyl (C=O) groups excluding carboxylic acids is 4. The summed E-state index contributed by atoms with van der Waals surface area (Å²) < 4.78 is 110. The molecule has 103 heavy (non-hydrogen) atoms. The lowest BCUT2D eigenvalue weighted by molar-refractivity contribution is -0.141. The number of piperidine rings is 4. The third-order valence-electron chi connectivity index (χ3n) is 22.9. The molecule has 5 aliphatic carbocycles. The number of halogens is 7. The number of benzene rings is 4. The van der Waals surface area contributed by atoms with E-state index in [1.54, 1.807) is 52.0 Å². The van der Waals surface area contributed by atoms with Gasteiger partial charge < -0.3 is 39.9 Å². The first-order chi connectivity index (χ1) is 49.7. The van der Waals surface area contributed by atoms with Crippen molar-refractivity contribution >= 4 is 75.4 Å². The van der Waals surface area contributed by atoms with E-state index in [4.69, 9.17) is 14.7 Å². The molecule has 9 fully saturated rings. The predicted octanol–water partition coefficient (Wildman–Crippen LogP) is 12.5. The summed E-state index contributed by atoms with van der Waals surface area (Å²) in [5, 5.41) is 21.1. The van der Waals surface area contributed by atoms with Crippen LogP contribution in [0.15, 0.2) is 128 Å². The quantitative estimate of drug-likeness (QED) is 0.0810. The molecule has 4 saturated heterocycles. The Kier molecular flexibility index (Phi) is 15.5. The molecule has 0 radical (unpaired) electrons. The van der Waals surface area contributed by atoms with E-state index < -0.39 is 75.0 Å². The zero-order valence-electron chi connectivity index (χ0n) is 56.3. The smallest absolute Gasteiger partial charge is 0.412 e. The van der Waals surface area contributed by atoms with E-state index in [0.29, 0.717) is 100 Å². The van der Waals surface area contributed by atoms with Crippen molar-refractivity contribution in [1.29, 1.82) is 0 Å². The van der Waals surface area contributed by atoms with Crippen LogP contribution in [0.2, 0.25) is 0 Å². The molecule has 0 bridgehead atoms. The molecule has 3 N–H and O–H groups in total. The summed E-state index contributed by atoms with van der Waals surface area (Å²) in [6, 6.07) is 20.7. The number of carbonyl (C=O) groups is 4. The number of likely N-dealkylation sites (N-methyl/N-ethyl adjacent to an activating group) is 1. The molecule has 5 saturated carbocycles. The number of ether oxygens (including phenoxy) is 1. The van der Waals surface area contributed by atoms with Gasteiger partial charge in [-0.3, -0.25) is 14.9 Å². The summed E-state index contributed by atoms with van der Waals surface area (Å²) in [5.74, 6) is -1.54. The number of hydrogen-bond acceptors (Lipinski definition) is 14. The molecule has 530 valence electrons. The Hall–Kier alpha value is -10.9. The molecule has 0 unspecified atom stereocenters. The van der Waals surface area contributed by atoms with E-state index in [2.05, 4.69) is 46.0 Å². The van der Waals surface area contributed by atoms with Crippen LogP contribution in [0.4, 0.5) is 74.8 Å². The molecule has 9 aliphatic rings. The van der Waals surface area contributed by atoms with Gasteiger partial charge in [0.05, 0.1) is 40.7 Å². The summed E-state index contributed by atoms with van der Waals surface area (Å²) in [5.41, 5.74) is 3.12. The van der Waals surface area contributed by atoms with Crippen molar-refractivity contribution in [2.24, 2.45) is 23.7 Å². The highest BCUT2D eigenvalue weighted by Gasteiger charge is 2.68. The van der Waals surface area contributed by atoms with Crippen LogP contribution < -0.4 is 30.7 Å². The number of nitrogens with one attached hydrogen (secondary N) is 3. The van der Waals surface area contributed by atoms with Gasteiger partial charge in [-0.15, -0.1) is 0 Å². The van der Waals surface area contributed by atoms with Crippen molar-refractivity contribution < 1.29 is 54.6 Å². The highest BCUT2D eigenvalue weighted by atomic mass is 19.2. The number of hydrogen-bond donors (Lipinski definition) is 3. The number of urea groups is 1. The molecule has 10 aromatic rings. The van der Waals surface area contributed by atoms with Crippen LogP contribution in [0.3, 0.4) is 0 Å². The molecule has 4 aromatic carbocycles. The SMILES string of the molecule is CN(C)C(=O)C(=O)Nc1cnn2ccc(N3CC[C@H]4C[C@]43c3cc(F)ccc3F)nc12.Cc1ccc(F)cc1[C@@]12C[C@@H]1CCN2C(=O)Nc1cnn2ccc(N3CC[C@H]4C[C@]43c3cc(F)ccc3F)nc12.O=C(Nc1cnn2ccc(N3CC[C@H]4C[C@]43c3cc(F)ccc3F)nc12)OC1CCCC1. The molecule has 4 aliphatic heterocycles. The van der Waals surface area contributed by atoms with Gasteiger partial charge in [-0.25, -0.2) is 68.8 Å². The van der Waals surface area contributed by atoms with Crippen LogP contribution in [0.1, 0.15) is 105 Å². The molecule has 19 rings (SSSR count). The van der Waals surface area contributed by atoms with E-state index in [1.165, 1.54) is 72.3 Å². The Balaban J connectivity index is 0.000000116. The number of anilines is 6. The maximum atomic E-state index is 14.9. The first kappa shape index (κ1) is 65.4. The Morgan fingerprint density at radius 1 is 0.466 bits per heavy atom. The molecule has 29 heteroatoms. The second-order valence-corrected chi connectivity index (χ2v) is 28.8. The van der Waals surface area contributed by atoms with Crippen LogP contribution >= 0.6 is 0 Å². The molecule has 5 amide bonds. The summed E-state index contributed by atoms with van der Waals surface area (Å²) in [7, 11) is 2.97. The van der Waals surface area contributed by atoms with Crippen LogP contribution in [0, 0.1) is 71.3 Å².